The molecule has 0 spiro atoms. The summed E-state index contributed by atoms with van der Waals surface area (Å²) in [5.74, 6) is 2.49. The number of nitrogens with zero attached hydrogens (tertiary/aromatic N) is 1. The number of methoxy groups -OCH3 is 2. The highest BCUT2D eigenvalue weighted by molar-refractivity contribution is 6.31. The number of amides is 1. The molecular weight excluding hydrogens is 521 g/mol. The second-order valence-electron chi connectivity index (χ2n) is 8.68. The Morgan fingerprint density at radius 1 is 0.789 bits per heavy atom. The van der Waals surface area contributed by atoms with E-state index in [4.69, 9.17) is 37.4 Å². The number of halogens is 2. The lowest BCUT2D eigenvalue weighted by molar-refractivity contribution is -0.131. The summed E-state index contributed by atoms with van der Waals surface area (Å²) in [5.41, 5.74) is 2.70. The quantitative estimate of drug-likeness (QED) is 0.180. The number of carbonyl (C=O) groups excluding carboxylic acids is 1. The average Bonchev–Trinajstić information content (AvgIpc) is 2.96. The molecule has 196 valence electrons. The van der Waals surface area contributed by atoms with Crippen LogP contribution in [0.5, 0.6) is 23.0 Å². The Kier molecular flexibility index (Phi) is 9.52. The smallest absolute Gasteiger partial charge is 0.245 e. The van der Waals surface area contributed by atoms with Crippen LogP contribution >= 0.6 is 23.2 Å². The molecule has 4 rings (SSSR count). The third-order valence-corrected chi connectivity index (χ3v) is 6.75. The molecule has 0 bridgehead atoms. The molecule has 0 aliphatic heterocycles. The van der Waals surface area contributed by atoms with Crippen LogP contribution in [0.2, 0.25) is 5.02 Å². The number of hydrogen-bond donors (Lipinski definition) is 0. The van der Waals surface area contributed by atoms with Gasteiger partial charge in [-0.3, -0.25) is 4.79 Å². The summed E-state index contributed by atoms with van der Waals surface area (Å²) < 4.78 is 16.8. The predicted molar refractivity (Wildman–Crippen MR) is 152 cm³/mol. The van der Waals surface area contributed by atoms with Crippen molar-refractivity contribution in [3.05, 3.63) is 119 Å². The van der Waals surface area contributed by atoms with Crippen molar-refractivity contribution in [2.45, 2.75) is 18.3 Å². The number of carbonyl (C=O) groups is 1. The first-order valence-electron chi connectivity index (χ1n) is 12.2. The van der Waals surface area contributed by atoms with Crippen LogP contribution in [-0.4, -0.2) is 31.6 Å². The molecule has 1 atom stereocenters. The van der Waals surface area contributed by atoms with E-state index in [0.717, 1.165) is 16.7 Å². The van der Waals surface area contributed by atoms with Gasteiger partial charge in [-0.2, -0.15) is 0 Å². The molecule has 0 aliphatic carbocycles. The molecule has 0 radical (unpaired) electrons. The summed E-state index contributed by atoms with van der Waals surface area (Å²) in [6, 6.07) is 30.0. The minimum absolute atomic E-state index is 0.164. The summed E-state index contributed by atoms with van der Waals surface area (Å²) in [7, 11) is 3.21. The minimum Gasteiger partial charge on any atom is -0.493 e. The Bertz CT molecular complexity index is 1350. The van der Waals surface area contributed by atoms with Crippen molar-refractivity contribution in [2.24, 2.45) is 0 Å². The summed E-state index contributed by atoms with van der Waals surface area (Å²) >= 11 is 12.7. The van der Waals surface area contributed by atoms with Crippen molar-refractivity contribution in [3.63, 3.8) is 0 Å². The van der Waals surface area contributed by atoms with Gasteiger partial charge >= 0.3 is 0 Å². The minimum atomic E-state index is -0.796. The van der Waals surface area contributed by atoms with Crippen LogP contribution in [0.4, 0.5) is 0 Å². The lowest BCUT2D eigenvalue weighted by atomic mass is 10.1. The summed E-state index contributed by atoms with van der Waals surface area (Å²) in [5, 5.41) is -0.154. The fraction of sp³-hybridized carbons (Fsp3) is 0.194. The van der Waals surface area contributed by atoms with Crippen molar-refractivity contribution in [1.82, 2.24) is 4.90 Å². The van der Waals surface area contributed by atoms with E-state index in [1.54, 1.807) is 31.3 Å². The third-order valence-electron chi connectivity index (χ3n) is 6.06. The molecule has 1 amide bonds. The van der Waals surface area contributed by atoms with Crippen LogP contribution in [0.1, 0.15) is 22.1 Å². The van der Waals surface area contributed by atoms with Crippen molar-refractivity contribution in [1.29, 1.82) is 0 Å². The number of benzene rings is 4. The third kappa shape index (κ3) is 7.21. The van der Waals surface area contributed by atoms with Gasteiger partial charge in [0.2, 0.25) is 5.91 Å². The van der Waals surface area contributed by atoms with E-state index in [9.17, 15) is 4.79 Å². The molecule has 4 aromatic rings. The number of rotatable bonds is 11. The fourth-order valence-corrected chi connectivity index (χ4v) is 4.47. The van der Waals surface area contributed by atoms with Gasteiger partial charge in [-0.25, -0.2) is 0 Å². The van der Waals surface area contributed by atoms with Crippen LogP contribution in [0.15, 0.2) is 97.1 Å². The maximum Gasteiger partial charge on any atom is 0.245 e. The van der Waals surface area contributed by atoms with Gasteiger partial charge in [-0.15, -0.1) is 11.6 Å². The molecule has 0 N–H and O–H groups in total. The fourth-order valence-electron chi connectivity index (χ4n) is 4.06. The maximum absolute atomic E-state index is 13.6. The molecule has 0 heterocycles. The topological polar surface area (TPSA) is 48.0 Å². The Morgan fingerprint density at radius 3 is 2.24 bits per heavy atom. The molecule has 0 saturated carbocycles. The highest BCUT2D eigenvalue weighted by atomic mass is 35.5. The highest BCUT2D eigenvalue weighted by Crippen LogP contribution is 2.29. The first kappa shape index (κ1) is 27.4. The van der Waals surface area contributed by atoms with Gasteiger partial charge < -0.3 is 19.1 Å². The molecule has 38 heavy (non-hydrogen) atoms. The zero-order chi connectivity index (χ0) is 26.9. The molecule has 0 fully saturated rings. The first-order chi connectivity index (χ1) is 18.5. The number of alkyl halides is 1. The maximum atomic E-state index is 13.6. The standard InChI is InChI=1S/C31H29Cl2NO4/c1-36-28-16-11-22(20-29(28)37-2)17-18-34(31(35)30(33)24-8-4-3-5-9-24)21-23-7-6-10-27(19-23)38-26-14-12-25(32)13-15-26/h3-16,19-20,30H,17-18,21H2,1-2H3. The van der Waals surface area contributed by atoms with Gasteiger partial charge in [0, 0.05) is 18.1 Å². The van der Waals surface area contributed by atoms with Crippen molar-refractivity contribution in [2.75, 3.05) is 20.8 Å². The van der Waals surface area contributed by atoms with Gasteiger partial charge in [0.05, 0.1) is 14.2 Å². The molecule has 7 heteroatoms. The molecular formula is C31H29Cl2NO4. The number of ether oxygens (including phenoxy) is 3. The Labute approximate surface area is 233 Å². The van der Waals surface area contributed by atoms with Crippen molar-refractivity contribution >= 4 is 29.1 Å². The van der Waals surface area contributed by atoms with E-state index in [1.165, 1.54) is 0 Å². The lowest BCUT2D eigenvalue weighted by Crippen LogP contribution is -2.35. The molecule has 0 aliphatic rings. The van der Waals surface area contributed by atoms with E-state index in [-0.39, 0.29) is 5.91 Å². The van der Waals surface area contributed by atoms with E-state index in [2.05, 4.69) is 0 Å². The van der Waals surface area contributed by atoms with Crippen molar-refractivity contribution in [3.8, 4) is 23.0 Å². The van der Waals surface area contributed by atoms with Crippen molar-refractivity contribution < 1.29 is 19.0 Å². The van der Waals surface area contributed by atoms with E-state index >= 15 is 0 Å². The van der Waals surface area contributed by atoms with Crippen LogP contribution in [0.3, 0.4) is 0 Å². The van der Waals surface area contributed by atoms with Crippen LogP contribution in [0, 0.1) is 0 Å². The Balaban J connectivity index is 1.54. The van der Waals surface area contributed by atoms with Gasteiger partial charge in [-0.1, -0.05) is 60.1 Å². The highest BCUT2D eigenvalue weighted by Gasteiger charge is 2.24. The Morgan fingerprint density at radius 2 is 1.53 bits per heavy atom. The van der Waals surface area contributed by atoms with Gasteiger partial charge in [-0.05, 0) is 71.6 Å². The summed E-state index contributed by atoms with van der Waals surface area (Å²) in [4.78, 5) is 15.4. The van der Waals surface area contributed by atoms with Crippen LogP contribution in [0.25, 0.3) is 0 Å². The molecule has 5 nitrogen and oxygen atoms in total. The van der Waals surface area contributed by atoms with E-state index < -0.39 is 5.38 Å². The SMILES string of the molecule is COc1ccc(CCN(Cc2cccc(Oc3ccc(Cl)cc3)c2)C(=O)C(Cl)c2ccccc2)cc1OC. The molecule has 0 saturated heterocycles. The largest absolute Gasteiger partial charge is 0.493 e. The monoisotopic (exact) mass is 549 g/mol. The number of hydrogen-bond acceptors (Lipinski definition) is 4. The molecule has 0 aromatic heterocycles. The lowest BCUT2D eigenvalue weighted by Gasteiger charge is -2.26. The van der Waals surface area contributed by atoms with Crippen LogP contribution in [-0.2, 0) is 17.8 Å². The predicted octanol–water partition coefficient (Wildman–Crippen LogP) is 7.70. The second-order valence-corrected chi connectivity index (χ2v) is 9.55. The van der Waals surface area contributed by atoms with Gasteiger partial charge in [0.15, 0.2) is 11.5 Å². The average molecular weight is 550 g/mol. The zero-order valence-corrected chi connectivity index (χ0v) is 22.8. The summed E-state index contributed by atoms with van der Waals surface area (Å²) in [6.07, 6.45) is 0.617. The molecule has 1 unspecified atom stereocenters. The van der Waals surface area contributed by atoms with E-state index in [0.29, 0.717) is 47.5 Å². The van der Waals surface area contributed by atoms with Crippen LogP contribution < -0.4 is 14.2 Å². The Hall–Kier alpha value is -3.67. The summed E-state index contributed by atoms with van der Waals surface area (Å²) in [6.45, 7) is 0.840. The van der Waals surface area contributed by atoms with E-state index in [1.807, 2.05) is 84.9 Å². The second kappa shape index (κ2) is 13.2. The molecule has 4 aromatic carbocycles. The first-order valence-corrected chi connectivity index (χ1v) is 13.0. The zero-order valence-electron chi connectivity index (χ0n) is 21.3. The van der Waals surface area contributed by atoms with Gasteiger partial charge in [0.25, 0.3) is 0 Å². The van der Waals surface area contributed by atoms with Gasteiger partial charge in [0.1, 0.15) is 16.9 Å². The normalized spacial score (nSPS) is 11.5.